The molecule has 2 atom stereocenters. The van der Waals surface area contributed by atoms with Crippen molar-refractivity contribution in [1.82, 2.24) is 0 Å². The molecule has 0 heterocycles. The van der Waals surface area contributed by atoms with Gasteiger partial charge < -0.3 is 0 Å². The Hall–Kier alpha value is 0. The van der Waals surface area contributed by atoms with Gasteiger partial charge in [-0.25, -0.2) is 0 Å². The van der Waals surface area contributed by atoms with Gasteiger partial charge in [0.2, 0.25) is 0 Å². The third-order valence-corrected chi connectivity index (χ3v) is 7.81. The highest BCUT2D eigenvalue weighted by Gasteiger charge is 2.31. The second-order valence-electron chi connectivity index (χ2n) is 9.98. The first-order valence-corrected chi connectivity index (χ1v) is 12.8. The fourth-order valence-corrected chi connectivity index (χ4v) is 6.04. The van der Waals surface area contributed by atoms with Crippen LogP contribution < -0.4 is 0 Å². The Bertz CT molecular complexity index is 312. The third kappa shape index (κ3) is 8.79. The predicted molar refractivity (Wildman–Crippen MR) is 118 cm³/mol. The third-order valence-electron chi connectivity index (χ3n) is 7.81. The summed E-state index contributed by atoms with van der Waals surface area (Å²) in [6.07, 6.45) is 30.3. The molecule has 0 aliphatic heterocycles. The van der Waals surface area contributed by atoms with Crippen molar-refractivity contribution < 1.29 is 0 Å². The van der Waals surface area contributed by atoms with Gasteiger partial charge in [-0.1, -0.05) is 123 Å². The summed E-state index contributed by atoms with van der Waals surface area (Å²) in [4.78, 5) is 0. The number of rotatable bonds is 13. The number of unbranched alkanes of at least 4 members (excludes halogenated alkanes) is 8. The van der Waals surface area contributed by atoms with Crippen LogP contribution in [0.1, 0.15) is 142 Å². The van der Waals surface area contributed by atoms with Crippen LogP contribution in [-0.2, 0) is 0 Å². The summed E-state index contributed by atoms with van der Waals surface area (Å²) >= 11 is 0. The van der Waals surface area contributed by atoms with Gasteiger partial charge in [0.1, 0.15) is 0 Å². The van der Waals surface area contributed by atoms with Crippen LogP contribution in [0.4, 0.5) is 0 Å². The highest BCUT2D eigenvalue weighted by molar-refractivity contribution is 4.82. The lowest BCUT2D eigenvalue weighted by molar-refractivity contribution is 0.132. The molecule has 2 aliphatic rings. The lowest BCUT2D eigenvalue weighted by Gasteiger charge is -2.38. The molecule has 154 valence electrons. The van der Waals surface area contributed by atoms with Crippen molar-refractivity contribution >= 4 is 0 Å². The first-order valence-electron chi connectivity index (χ1n) is 12.8. The molecule has 0 heteroatoms. The van der Waals surface area contributed by atoms with Gasteiger partial charge >= 0.3 is 0 Å². The van der Waals surface area contributed by atoms with E-state index in [1.54, 1.807) is 64.2 Å². The van der Waals surface area contributed by atoms with Gasteiger partial charge in [-0.2, -0.15) is 0 Å². The summed E-state index contributed by atoms with van der Waals surface area (Å²) in [5, 5.41) is 0. The molecule has 2 fully saturated rings. The van der Waals surface area contributed by atoms with Crippen LogP contribution in [0.2, 0.25) is 0 Å². The van der Waals surface area contributed by atoms with Crippen molar-refractivity contribution in [2.24, 2.45) is 23.7 Å². The topological polar surface area (TPSA) is 0 Å². The first kappa shape index (κ1) is 22.3. The van der Waals surface area contributed by atoms with E-state index in [1.807, 2.05) is 0 Å². The molecule has 0 aromatic rings. The number of hydrogen-bond donors (Lipinski definition) is 0. The highest BCUT2D eigenvalue weighted by Crippen LogP contribution is 2.43. The number of hydrogen-bond acceptors (Lipinski definition) is 0. The van der Waals surface area contributed by atoms with E-state index >= 15 is 0 Å². The van der Waals surface area contributed by atoms with Gasteiger partial charge in [0.05, 0.1) is 0 Å². The fourth-order valence-electron chi connectivity index (χ4n) is 6.04. The minimum Gasteiger partial charge on any atom is -0.0654 e. The second kappa shape index (κ2) is 14.1. The molecule has 0 amide bonds. The van der Waals surface area contributed by atoms with Gasteiger partial charge in [0.15, 0.2) is 0 Å². The summed E-state index contributed by atoms with van der Waals surface area (Å²) < 4.78 is 0. The SMILES string of the molecule is CCCCCCC[C@@H]1CCC[C@@H]([C@H]2CC[C@@H](CCCCCCC)CC2)C1. The average molecular weight is 363 g/mol. The van der Waals surface area contributed by atoms with E-state index in [2.05, 4.69) is 13.8 Å². The molecule has 0 aromatic heterocycles. The van der Waals surface area contributed by atoms with Crippen LogP contribution in [-0.4, -0.2) is 0 Å². The van der Waals surface area contributed by atoms with Gasteiger partial charge in [0.25, 0.3) is 0 Å². The van der Waals surface area contributed by atoms with E-state index in [4.69, 9.17) is 0 Å². The molecule has 2 saturated carbocycles. The first-order chi connectivity index (χ1) is 12.8. The monoisotopic (exact) mass is 362 g/mol. The van der Waals surface area contributed by atoms with E-state index in [9.17, 15) is 0 Å². The normalized spacial score (nSPS) is 29.8. The van der Waals surface area contributed by atoms with Crippen molar-refractivity contribution in [3.63, 3.8) is 0 Å². The zero-order valence-corrected chi connectivity index (χ0v) is 18.5. The molecule has 2 rings (SSSR count). The molecular weight excluding hydrogens is 312 g/mol. The largest absolute Gasteiger partial charge is 0.0654 e. The lowest BCUT2D eigenvalue weighted by atomic mass is 9.67. The molecule has 0 nitrogen and oxygen atoms in total. The van der Waals surface area contributed by atoms with Crippen molar-refractivity contribution in [1.29, 1.82) is 0 Å². The van der Waals surface area contributed by atoms with Crippen molar-refractivity contribution in [2.75, 3.05) is 0 Å². The maximum atomic E-state index is 2.33. The van der Waals surface area contributed by atoms with E-state index < -0.39 is 0 Å². The second-order valence-corrected chi connectivity index (χ2v) is 9.98. The fraction of sp³-hybridized carbons (Fsp3) is 1.00. The molecule has 26 heavy (non-hydrogen) atoms. The highest BCUT2D eigenvalue weighted by atomic mass is 14.4. The van der Waals surface area contributed by atoms with Crippen LogP contribution in [0.5, 0.6) is 0 Å². The van der Waals surface area contributed by atoms with E-state index in [-0.39, 0.29) is 0 Å². The van der Waals surface area contributed by atoms with Crippen LogP contribution in [0.3, 0.4) is 0 Å². The molecule has 0 spiro atoms. The van der Waals surface area contributed by atoms with E-state index in [1.165, 1.54) is 64.2 Å². The molecule has 0 unspecified atom stereocenters. The molecule has 2 aliphatic carbocycles. The van der Waals surface area contributed by atoms with E-state index in [0.29, 0.717) is 0 Å². The average Bonchev–Trinajstić information content (AvgIpc) is 2.68. The van der Waals surface area contributed by atoms with Gasteiger partial charge in [-0.15, -0.1) is 0 Å². The molecule has 0 N–H and O–H groups in total. The standard InChI is InChI=1S/C26H50/c1-3-5-7-9-11-14-23-18-20-25(21-19-23)26-17-13-16-24(22-26)15-12-10-8-6-4-2/h23-26H,3-22H2,1-2H3/t23-,24-,25+,26-/m1/s1. The summed E-state index contributed by atoms with van der Waals surface area (Å²) in [5.41, 5.74) is 0. The van der Waals surface area contributed by atoms with Crippen LogP contribution in [0, 0.1) is 23.7 Å². The Balaban J connectivity index is 1.56. The zero-order valence-electron chi connectivity index (χ0n) is 18.5. The predicted octanol–water partition coefficient (Wildman–Crippen LogP) is 9.32. The molecule has 0 radical (unpaired) electrons. The maximum absolute atomic E-state index is 2.33. The molecular formula is C26H50. The lowest BCUT2D eigenvalue weighted by Crippen LogP contribution is -2.26. The van der Waals surface area contributed by atoms with E-state index in [0.717, 1.165) is 23.7 Å². The Labute approximate surface area is 166 Å². The molecule has 0 bridgehead atoms. The van der Waals surface area contributed by atoms with Crippen molar-refractivity contribution in [3.8, 4) is 0 Å². The Morgan fingerprint density at radius 2 is 1.08 bits per heavy atom. The summed E-state index contributed by atoms with van der Waals surface area (Å²) in [6.45, 7) is 4.65. The summed E-state index contributed by atoms with van der Waals surface area (Å²) in [5.74, 6) is 4.39. The van der Waals surface area contributed by atoms with Gasteiger partial charge in [-0.3, -0.25) is 0 Å². The van der Waals surface area contributed by atoms with Gasteiger partial charge in [-0.05, 0) is 42.9 Å². The maximum Gasteiger partial charge on any atom is -0.0383 e. The molecule has 0 saturated heterocycles. The molecule has 0 aromatic carbocycles. The summed E-state index contributed by atoms with van der Waals surface area (Å²) in [6, 6.07) is 0. The Morgan fingerprint density at radius 1 is 0.500 bits per heavy atom. The van der Waals surface area contributed by atoms with Crippen molar-refractivity contribution in [3.05, 3.63) is 0 Å². The smallest absolute Gasteiger partial charge is 0.0383 e. The minimum atomic E-state index is 1.09. The van der Waals surface area contributed by atoms with Crippen LogP contribution in [0.15, 0.2) is 0 Å². The minimum absolute atomic E-state index is 1.09. The summed E-state index contributed by atoms with van der Waals surface area (Å²) in [7, 11) is 0. The Kier molecular flexibility index (Phi) is 12.1. The van der Waals surface area contributed by atoms with Gasteiger partial charge in [0, 0.05) is 0 Å². The zero-order chi connectivity index (χ0) is 18.5. The Morgan fingerprint density at radius 3 is 1.69 bits per heavy atom. The van der Waals surface area contributed by atoms with Crippen molar-refractivity contribution in [2.45, 2.75) is 142 Å². The quantitative estimate of drug-likeness (QED) is 0.286. The van der Waals surface area contributed by atoms with Crippen LogP contribution >= 0.6 is 0 Å². The van der Waals surface area contributed by atoms with Crippen LogP contribution in [0.25, 0.3) is 0 Å².